The molecule has 1 amide bonds. The summed E-state index contributed by atoms with van der Waals surface area (Å²) < 4.78 is 26.6. The van der Waals surface area contributed by atoms with E-state index in [0.29, 0.717) is 0 Å². The van der Waals surface area contributed by atoms with Crippen LogP contribution in [0.2, 0.25) is 0 Å². The number of hydroxylamine groups is 1. The van der Waals surface area contributed by atoms with Gasteiger partial charge in [0.25, 0.3) is 5.91 Å². The molecule has 0 saturated heterocycles. The van der Waals surface area contributed by atoms with Crippen LogP contribution in [0.4, 0.5) is 0 Å². The van der Waals surface area contributed by atoms with Crippen molar-refractivity contribution < 1.29 is 18.4 Å². The lowest BCUT2D eigenvalue weighted by Crippen LogP contribution is -2.39. The maximum absolute atomic E-state index is 12.8. The minimum Gasteiger partial charge on any atom is -0.289 e. The van der Waals surface area contributed by atoms with Gasteiger partial charge in [-0.05, 0) is 24.6 Å². The van der Waals surface area contributed by atoms with Crippen molar-refractivity contribution in [1.29, 1.82) is 0 Å². The third-order valence-corrected chi connectivity index (χ3v) is 5.11. The standard InChI is InChI=1S/C16H18N2O4S/c1-13-7-9-15(10-8-13)23(21,22)18(12-16(19)17-20)11-14-5-3-2-4-6-14/h2-10,20H,11-12H2,1H3,(H,17,19). The molecule has 23 heavy (non-hydrogen) atoms. The Bertz CT molecular complexity index is 758. The quantitative estimate of drug-likeness (QED) is 0.622. The minimum absolute atomic E-state index is 0.0322. The van der Waals surface area contributed by atoms with Gasteiger partial charge in [-0.15, -0.1) is 0 Å². The van der Waals surface area contributed by atoms with Gasteiger partial charge in [0.2, 0.25) is 10.0 Å². The van der Waals surface area contributed by atoms with Crippen LogP contribution in [0.15, 0.2) is 59.5 Å². The second-order valence-corrected chi connectivity index (χ2v) is 7.04. The van der Waals surface area contributed by atoms with Gasteiger partial charge in [0.1, 0.15) is 0 Å². The molecular formula is C16H18N2O4S. The van der Waals surface area contributed by atoms with Crippen LogP contribution in [0.1, 0.15) is 11.1 Å². The average Bonchev–Trinajstić information content (AvgIpc) is 2.55. The Kier molecular flexibility index (Phi) is 5.49. The normalized spacial score (nSPS) is 11.4. The number of carbonyl (C=O) groups excluding carboxylic acids is 1. The van der Waals surface area contributed by atoms with E-state index < -0.39 is 22.5 Å². The fourth-order valence-corrected chi connectivity index (χ4v) is 3.45. The fourth-order valence-electron chi connectivity index (χ4n) is 2.07. The predicted octanol–water partition coefficient (Wildman–Crippen LogP) is 1.69. The van der Waals surface area contributed by atoms with Gasteiger partial charge >= 0.3 is 0 Å². The molecule has 2 aromatic carbocycles. The summed E-state index contributed by atoms with van der Waals surface area (Å²) in [6.45, 7) is 1.42. The number of aryl methyl sites for hydroxylation is 1. The summed E-state index contributed by atoms with van der Waals surface area (Å²) in [6.07, 6.45) is 0. The third-order valence-electron chi connectivity index (χ3n) is 3.31. The van der Waals surface area contributed by atoms with E-state index in [1.807, 2.05) is 13.0 Å². The van der Waals surface area contributed by atoms with E-state index >= 15 is 0 Å². The highest BCUT2D eigenvalue weighted by atomic mass is 32.2. The molecule has 0 fully saturated rings. The van der Waals surface area contributed by atoms with Gasteiger partial charge in [0.15, 0.2) is 0 Å². The van der Waals surface area contributed by atoms with Crippen molar-refractivity contribution in [2.45, 2.75) is 18.4 Å². The highest BCUT2D eigenvalue weighted by Crippen LogP contribution is 2.18. The molecule has 2 rings (SSSR count). The van der Waals surface area contributed by atoms with E-state index in [9.17, 15) is 13.2 Å². The Balaban J connectivity index is 2.35. The van der Waals surface area contributed by atoms with E-state index in [4.69, 9.17) is 5.21 Å². The van der Waals surface area contributed by atoms with Crippen molar-refractivity contribution in [2.75, 3.05) is 6.54 Å². The van der Waals surface area contributed by atoms with Crippen molar-refractivity contribution >= 4 is 15.9 Å². The number of nitrogens with one attached hydrogen (secondary N) is 1. The number of carbonyl (C=O) groups is 1. The van der Waals surface area contributed by atoms with Crippen molar-refractivity contribution in [3.05, 3.63) is 65.7 Å². The van der Waals surface area contributed by atoms with Crippen molar-refractivity contribution in [1.82, 2.24) is 9.79 Å². The number of hydrogen-bond donors (Lipinski definition) is 2. The number of amides is 1. The second kappa shape index (κ2) is 7.36. The van der Waals surface area contributed by atoms with E-state index in [1.54, 1.807) is 36.4 Å². The summed E-state index contributed by atoms with van der Waals surface area (Å²) in [5, 5.41) is 8.70. The van der Waals surface area contributed by atoms with Gasteiger partial charge in [0, 0.05) is 6.54 Å². The molecule has 0 aromatic heterocycles. The van der Waals surface area contributed by atoms with Crippen LogP contribution in [0.5, 0.6) is 0 Å². The lowest BCUT2D eigenvalue weighted by atomic mass is 10.2. The summed E-state index contributed by atoms with van der Waals surface area (Å²) in [6, 6.07) is 15.3. The van der Waals surface area contributed by atoms with Gasteiger partial charge in [-0.3, -0.25) is 10.0 Å². The zero-order chi connectivity index (χ0) is 16.9. The molecule has 122 valence electrons. The first-order valence-corrected chi connectivity index (χ1v) is 8.41. The van der Waals surface area contributed by atoms with E-state index in [0.717, 1.165) is 15.4 Å². The van der Waals surface area contributed by atoms with Gasteiger partial charge in [0.05, 0.1) is 11.4 Å². The maximum atomic E-state index is 12.8. The molecule has 0 spiro atoms. The molecule has 2 N–H and O–H groups in total. The van der Waals surface area contributed by atoms with Crippen molar-refractivity contribution in [3.63, 3.8) is 0 Å². The number of sulfonamides is 1. The van der Waals surface area contributed by atoms with Gasteiger partial charge in [-0.2, -0.15) is 4.31 Å². The lowest BCUT2D eigenvalue weighted by molar-refractivity contribution is -0.129. The summed E-state index contributed by atoms with van der Waals surface area (Å²) >= 11 is 0. The molecular weight excluding hydrogens is 316 g/mol. The topological polar surface area (TPSA) is 86.7 Å². The molecule has 0 atom stereocenters. The van der Waals surface area contributed by atoms with Crippen molar-refractivity contribution in [2.24, 2.45) is 0 Å². The Morgan fingerprint density at radius 1 is 1.09 bits per heavy atom. The SMILES string of the molecule is Cc1ccc(S(=O)(=O)N(CC(=O)NO)Cc2ccccc2)cc1. The molecule has 0 aliphatic heterocycles. The third kappa shape index (κ3) is 4.38. The molecule has 0 unspecified atom stereocenters. The first-order valence-electron chi connectivity index (χ1n) is 6.97. The van der Waals surface area contributed by atoms with Crippen LogP contribution in [-0.2, 0) is 21.4 Å². The molecule has 0 aliphatic rings. The molecule has 7 heteroatoms. The Hall–Kier alpha value is -2.22. The van der Waals surface area contributed by atoms with Crippen molar-refractivity contribution in [3.8, 4) is 0 Å². The average molecular weight is 334 g/mol. The van der Waals surface area contributed by atoms with Crippen LogP contribution < -0.4 is 5.48 Å². The fraction of sp³-hybridized carbons (Fsp3) is 0.188. The van der Waals surface area contributed by atoms with Gasteiger partial charge in [-0.1, -0.05) is 48.0 Å². The van der Waals surface area contributed by atoms with Crippen LogP contribution in [-0.4, -0.2) is 30.4 Å². The van der Waals surface area contributed by atoms with Crippen LogP contribution >= 0.6 is 0 Å². The zero-order valence-electron chi connectivity index (χ0n) is 12.6. The maximum Gasteiger partial charge on any atom is 0.258 e. The molecule has 0 heterocycles. The number of hydrogen-bond acceptors (Lipinski definition) is 4. The second-order valence-electron chi connectivity index (χ2n) is 5.11. The first-order chi connectivity index (χ1) is 10.9. The predicted molar refractivity (Wildman–Crippen MR) is 85.1 cm³/mol. The molecule has 6 nitrogen and oxygen atoms in total. The molecule has 0 aliphatic carbocycles. The van der Waals surface area contributed by atoms with Gasteiger partial charge < -0.3 is 0 Å². The van der Waals surface area contributed by atoms with E-state index in [1.165, 1.54) is 17.6 Å². The van der Waals surface area contributed by atoms with Crippen LogP contribution in [0.3, 0.4) is 0 Å². The molecule has 0 bridgehead atoms. The minimum atomic E-state index is -3.86. The summed E-state index contributed by atoms with van der Waals surface area (Å²) in [4.78, 5) is 11.6. The highest BCUT2D eigenvalue weighted by molar-refractivity contribution is 7.89. The Morgan fingerprint density at radius 3 is 2.26 bits per heavy atom. The van der Waals surface area contributed by atoms with Gasteiger partial charge in [-0.25, -0.2) is 13.9 Å². The van der Waals surface area contributed by atoms with E-state index in [-0.39, 0.29) is 11.4 Å². The zero-order valence-corrected chi connectivity index (χ0v) is 13.5. The molecule has 0 saturated carbocycles. The Morgan fingerprint density at radius 2 is 1.70 bits per heavy atom. The summed E-state index contributed by atoms with van der Waals surface area (Å²) in [5.41, 5.74) is 3.15. The number of benzene rings is 2. The number of rotatable bonds is 6. The monoisotopic (exact) mass is 334 g/mol. The summed E-state index contributed by atoms with van der Waals surface area (Å²) in [5.74, 6) is -0.795. The largest absolute Gasteiger partial charge is 0.289 e. The van der Waals surface area contributed by atoms with Crippen LogP contribution in [0.25, 0.3) is 0 Å². The Labute approximate surface area is 135 Å². The molecule has 2 aromatic rings. The van der Waals surface area contributed by atoms with Crippen LogP contribution in [0, 0.1) is 6.92 Å². The first kappa shape index (κ1) is 17.1. The number of nitrogens with zero attached hydrogens (tertiary/aromatic N) is 1. The summed E-state index contributed by atoms with van der Waals surface area (Å²) in [7, 11) is -3.86. The molecule has 0 radical (unpaired) electrons. The van der Waals surface area contributed by atoms with E-state index in [2.05, 4.69) is 0 Å². The highest BCUT2D eigenvalue weighted by Gasteiger charge is 2.26. The lowest BCUT2D eigenvalue weighted by Gasteiger charge is -2.21. The smallest absolute Gasteiger partial charge is 0.258 e.